The molecule has 29 heavy (non-hydrogen) atoms. The molecule has 0 unspecified atom stereocenters. The average molecular weight is 422 g/mol. The second-order valence-electron chi connectivity index (χ2n) is 8.62. The molecule has 1 aromatic carbocycles. The molecule has 4 rings (SSSR count). The Bertz CT molecular complexity index is 853. The summed E-state index contributed by atoms with van der Waals surface area (Å²) in [5.74, 6) is 0.817. The highest BCUT2D eigenvalue weighted by Crippen LogP contribution is 2.37. The molecule has 7 nitrogen and oxygen atoms in total. The zero-order valence-electron chi connectivity index (χ0n) is 17.3. The summed E-state index contributed by atoms with van der Waals surface area (Å²) in [6, 6.07) is 6.64. The smallest absolute Gasteiger partial charge is 0.247 e. The van der Waals surface area contributed by atoms with Crippen molar-refractivity contribution >= 4 is 15.9 Å². The highest BCUT2D eigenvalue weighted by molar-refractivity contribution is 7.89. The molecule has 1 aromatic rings. The van der Waals surface area contributed by atoms with Gasteiger partial charge >= 0.3 is 0 Å². The van der Waals surface area contributed by atoms with Crippen molar-refractivity contribution in [2.24, 2.45) is 5.92 Å². The van der Waals surface area contributed by atoms with Crippen LogP contribution in [0.1, 0.15) is 32.1 Å². The van der Waals surface area contributed by atoms with Gasteiger partial charge in [0.15, 0.2) is 0 Å². The van der Waals surface area contributed by atoms with Crippen LogP contribution in [0.25, 0.3) is 0 Å². The first-order chi connectivity index (χ1) is 13.9. The summed E-state index contributed by atoms with van der Waals surface area (Å²) >= 11 is 0. The molecule has 160 valence electrons. The van der Waals surface area contributed by atoms with E-state index < -0.39 is 10.0 Å². The predicted molar refractivity (Wildman–Crippen MR) is 110 cm³/mol. The fraction of sp³-hybridized carbons (Fsp3) is 0.667. The highest BCUT2D eigenvalue weighted by atomic mass is 32.2. The summed E-state index contributed by atoms with van der Waals surface area (Å²) in [5.41, 5.74) is 0. The van der Waals surface area contributed by atoms with Gasteiger partial charge in [0.2, 0.25) is 15.9 Å². The molecule has 8 heteroatoms. The van der Waals surface area contributed by atoms with Gasteiger partial charge in [-0.25, -0.2) is 8.42 Å². The lowest BCUT2D eigenvalue weighted by molar-refractivity contribution is -0.138. The lowest BCUT2D eigenvalue weighted by Gasteiger charge is -2.32. The largest absolute Gasteiger partial charge is 0.487 e. The number of carbonyl (C=O) groups excluding carboxylic acids is 1. The number of nitrogens with zero attached hydrogens (tertiary/aromatic N) is 3. The molecule has 1 amide bonds. The lowest BCUT2D eigenvalue weighted by Crippen LogP contribution is -2.49. The van der Waals surface area contributed by atoms with Crippen LogP contribution in [0.3, 0.4) is 0 Å². The number of amides is 1. The maximum Gasteiger partial charge on any atom is 0.247 e. The first-order valence-electron chi connectivity index (χ1n) is 10.6. The summed E-state index contributed by atoms with van der Waals surface area (Å²) in [6.07, 6.45) is 4.08. The van der Waals surface area contributed by atoms with Crippen molar-refractivity contribution in [2.45, 2.75) is 49.1 Å². The van der Waals surface area contributed by atoms with E-state index in [4.69, 9.17) is 4.74 Å². The number of carbonyl (C=O) groups is 1. The Kier molecular flexibility index (Phi) is 5.86. The van der Waals surface area contributed by atoms with Crippen molar-refractivity contribution in [2.75, 3.05) is 40.3 Å². The van der Waals surface area contributed by atoms with E-state index in [1.807, 2.05) is 30.0 Å². The topological polar surface area (TPSA) is 70.2 Å². The predicted octanol–water partition coefficient (Wildman–Crippen LogP) is 1.79. The van der Waals surface area contributed by atoms with Crippen LogP contribution in [0.15, 0.2) is 29.2 Å². The van der Waals surface area contributed by atoms with Crippen molar-refractivity contribution in [3.63, 3.8) is 0 Å². The number of sulfonamides is 1. The van der Waals surface area contributed by atoms with Gasteiger partial charge in [-0.1, -0.05) is 18.6 Å². The molecule has 1 aliphatic carbocycles. The van der Waals surface area contributed by atoms with Gasteiger partial charge in [-0.05, 0) is 45.5 Å². The van der Waals surface area contributed by atoms with Crippen LogP contribution >= 0.6 is 0 Å². The lowest BCUT2D eigenvalue weighted by atomic mass is 9.84. The number of hydrogen-bond acceptors (Lipinski definition) is 5. The van der Waals surface area contributed by atoms with E-state index >= 15 is 0 Å². The minimum absolute atomic E-state index is 0.160. The first-order valence-corrected chi connectivity index (χ1v) is 12.0. The van der Waals surface area contributed by atoms with Crippen LogP contribution < -0.4 is 4.74 Å². The number of ether oxygens (including phenoxy) is 1. The van der Waals surface area contributed by atoms with Gasteiger partial charge in [0.25, 0.3) is 0 Å². The first kappa shape index (κ1) is 20.6. The van der Waals surface area contributed by atoms with E-state index in [2.05, 4.69) is 0 Å². The fourth-order valence-electron chi connectivity index (χ4n) is 4.47. The van der Waals surface area contributed by atoms with E-state index in [1.54, 1.807) is 22.5 Å². The summed E-state index contributed by atoms with van der Waals surface area (Å²) in [7, 11) is 0.215. The van der Waals surface area contributed by atoms with Gasteiger partial charge in [-0.3, -0.25) is 4.79 Å². The molecule has 0 bridgehead atoms. The zero-order chi connectivity index (χ0) is 20.6. The number of benzene rings is 1. The Morgan fingerprint density at radius 3 is 2.55 bits per heavy atom. The molecule has 2 heterocycles. The van der Waals surface area contributed by atoms with Crippen LogP contribution in [-0.4, -0.2) is 80.9 Å². The number of rotatable bonds is 4. The van der Waals surface area contributed by atoms with Crippen LogP contribution in [0.5, 0.6) is 5.75 Å². The van der Waals surface area contributed by atoms with E-state index in [0.717, 1.165) is 19.3 Å². The van der Waals surface area contributed by atoms with E-state index in [1.165, 1.54) is 0 Å². The number of likely N-dealkylation sites (N-methyl/N-ethyl adjacent to an activating group) is 1. The van der Waals surface area contributed by atoms with Crippen molar-refractivity contribution < 1.29 is 17.9 Å². The second kappa shape index (κ2) is 8.24. The molecule has 2 atom stereocenters. The molecular formula is C21H31N3O4S. The molecule has 0 N–H and O–H groups in total. The fourth-order valence-corrected chi connectivity index (χ4v) is 6.27. The maximum atomic E-state index is 13.5. The summed E-state index contributed by atoms with van der Waals surface area (Å²) < 4.78 is 35.0. The van der Waals surface area contributed by atoms with Crippen molar-refractivity contribution in [1.82, 2.24) is 14.1 Å². The number of likely N-dealkylation sites (tertiary alicyclic amines) is 1. The minimum Gasteiger partial charge on any atom is -0.487 e. The van der Waals surface area contributed by atoms with E-state index in [-0.39, 0.29) is 28.9 Å². The highest BCUT2D eigenvalue weighted by Gasteiger charge is 2.44. The number of fused-ring (bicyclic) bond motifs is 2. The quantitative estimate of drug-likeness (QED) is 0.741. The Morgan fingerprint density at radius 2 is 1.86 bits per heavy atom. The van der Waals surface area contributed by atoms with Crippen LogP contribution in [0, 0.1) is 5.92 Å². The molecule has 1 saturated carbocycles. The third-order valence-corrected chi connectivity index (χ3v) is 8.39. The molecule has 0 aromatic heterocycles. The van der Waals surface area contributed by atoms with Crippen LogP contribution in [-0.2, 0) is 14.8 Å². The Morgan fingerprint density at radius 1 is 1.14 bits per heavy atom. The average Bonchev–Trinajstić information content (AvgIpc) is 2.87. The van der Waals surface area contributed by atoms with Gasteiger partial charge in [-0.2, -0.15) is 4.31 Å². The van der Waals surface area contributed by atoms with Gasteiger partial charge < -0.3 is 14.5 Å². The Labute approximate surface area is 173 Å². The van der Waals surface area contributed by atoms with Crippen LogP contribution in [0.2, 0.25) is 0 Å². The molecule has 1 saturated heterocycles. The van der Waals surface area contributed by atoms with Gasteiger partial charge in [0, 0.05) is 38.5 Å². The van der Waals surface area contributed by atoms with Gasteiger partial charge in [-0.15, -0.1) is 0 Å². The SMILES string of the molecule is CN(C)CCN1[C@@H]2CCN(C(=O)C3CCC3)CC[C@H]2Oc2ccccc2S1(=O)=O. The molecule has 0 radical (unpaired) electrons. The summed E-state index contributed by atoms with van der Waals surface area (Å²) in [6.45, 7) is 2.25. The van der Waals surface area contributed by atoms with Crippen molar-refractivity contribution in [3.8, 4) is 5.75 Å². The third kappa shape index (κ3) is 4.02. The summed E-state index contributed by atoms with van der Waals surface area (Å²) in [4.78, 5) is 16.9. The van der Waals surface area contributed by atoms with Crippen LogP contribution in [0.4, 0.5) is 0 Å². The van der Waals surface area contributed by atoms with Gasteiger partial charge in [0.05, 0.1) is 6.04 Å². The molecule has 3 aliphatic rings. The monoisotopic (exact) mass is 421 g/mol. The minimum atomic E-state index is -3.67. The standard InChI is InChI=1S/C21H31N3O4S/c1-22(2)14-15-24-17-10-12-23(21(25)16-6-5-7-16)13-11-18(17)28-19-8-3-4-9-20(19)29(24,26)27/h3-4,8-9,16-18H,5-7,10-15H2,1-2H3/t17-,18-/m1/s1. The molecule has 0 spiro atoms. The molecule has 2 aliphatic heterocycles. The Balaban J connectivity index is 1.64. The van der Waals surface area contributed by atoms with E-state index in [9.17, 15) is 13.2 Å². The maximum absolute atomic E-state index is 13.5. The molecular weight excluding hydrogens is 390 g/mol. The van der Waals surface area contributed by atoms with Gasteiger partial charge in [0.1, 0.15) is 16.7 Å². The van der Waals surface area contributed by atoms with Crippen molar-refractivity contribution in [3.05, 3.63) is 24.3 Å². The molecule has 2 fully saturated rings. The second-order valence-corrected chi connectivity index (χ2v) is 10.5. The zero-order valence-corrected chi connectivity index (χ0v) is 18.1. The third-order valence-electron chi connectivity index (χ3n) is 6.43. The summed E-state index contributed by atoms with van der Waals surface area (Å²) in [5, 5.41) is 0. The van der Waals surface area contributed by atoms with E-state index in [0.29, 0.717) is 44.8 Å². The normalized spacial score (nSPS) is 27.2. The Hall–Kier alpha value is -1.64. The van der Waals surface area contributed by atoms with Crippen molar-refractivity contribution in [1.29, 1.82) is 0 Å². The number of para-hydroxylation sites is 1. The number of hydrogen-bond donors (Lipinski definition) is 0.